The number of aryl methyl sites for hydroxylation is 1. The molecule has 0 N–H and O–H groups in total. The molecule has 0 aliphatic carbocycles. The van der Waals surface area contributed by atoms with E-state index >= 15 is 0 Å². The Morgan fingerprint density at radius 1 is 1.48 bits per heavy atom. The van der Waals surface area contributed by atoms with Crippen molar-refractivity contribution in [2.75, 3.05) is 13.1 Å². The number of likely N-dealkylation sites (N-methyl/N-ethyl adjacent to an activating group) is 1. The molecule has 0 fully saturated rings. The Labute approximate surface area is 124 Å². The monoisotopic (exact) mass is 288 g/mol. The number of rotatable bonds is 5. The largest absolute Gasteiger partial charge is 0.337 e. The highest BCUT2D eigenvalue weighted by molar-refractivity contribution is 5.76. The molecule has 1 aromatic heterocycles. The first-order valence-corrected chi connectivity index (χ1v) is 6.72. The third kappa shape index (κ3) is 3.78. The fourth-order valence-electron chi connectivity index (χ4n) is 1.94. The van der Waals surface area contributed by atoms with Gasteiger partial charge in [0, 0.05) is 13.1 Å². The van der Waals surface area contributed by atoms with Crippen molar-refractivity contribution in [1.82, 2.24) is 14.7 Å². The molecule has 0 aromatic carbocycles. The highest BCUT2D eigenvalue weighted by Crippen LogP contribution is 2.05. The molecule has 0 saturated heterocycles. The Hall–Kier alpha value is -2.42. The van der Waals surface area contributed by atoms with Crippen molar-refractivity contribution in [3.05, 3.63) is 39.3 Å². The summed E-state index contributed by atoms with van der Waals surface area (Å²) >= 11 is 0. The Kier molecular flexibility index (Phi) is 5.42. The van der Waals surface area contributed by atoms with E-state index in [4.69, 9.17) is 5.26 Å². The summed E-state index contributed by atoms with van der Waals surface area (Å²) in [4.78, 5) is 26.0. The Morgan fingerprint density at radius 3 is 2.57 bits per heavy atom. The first-order valence-electron chi connectivity index (χ1n) is 6.72. The lowest BCUT2D eigenvalue weighted by Gasteiger charge is -2.21. The summed E-state index contributed by atoms with van der Waals surface area (Å²) in [7, 11) is 0. The van der Waals surface area contributed by atoms with Crippen molar-refractivity contribution >= 4 is 5.91 Å². The number of carbonyl (C=O) groups is 1. The van der Waals surface area contributed by atoms with Gasteiger partial charge in [-0.25, -0.2) is 4.68 Å². The lowest BCUT2D eigenvalue weighted by atomic mass is 10.1. The van der Waals surface area contributed by atoms with Crippen LogP contribution in [0.15, 0.2) is 16.9 Å². The summed E-state index contributed by atoms with van der Waals surface area (Å²) < 4.78 is 1.06. The van der Waals surface area contributed by atoms with Crippen molar-refractivity contribution < 1.29 is 4.79 Å². The van der Waals surface area contributed by atoms with E-state index < -0.39 is 5.56 Å². The van der Waals surface area contributed by atoms with E-state index in [9.17, 15) is 9.59 Å². The van der Waals surface area contributed by atoms with E-state index in [0.29, 0.717) is 24.3 Å². The van der Waals surface area contributed by atoms with Gasteiger partial charge >= 0.3 is 0 Å². The molecule has 0 spiro atoms. The third-order valence-electron chi connectivity index (χ3n) is 3.23. The van der Waals surface area contributed by atoms with E-state index in [-0.39, 0.29) is 18.0 Å². The zero-order valence-corrected chi connectivity index (χ0v) is 12.9. The van der Waals surface area contributed by atoms with Crippen molar-refractivity contribution in [2.45, 2.75) is 34.2 Å². The van der Waals surface area contributed by atoms with Gasteiger partial charge in [-0.05, 0) is 33.3 Å². The predicted octanol–water partition coefficient (Wildman–Crippen LogP) is 1.16. The highest BCUT2D eigenvalue weighted by atomic mass is 16.2. The normalized spacial score (nSPS) is 10.0. The second kappa shape index (κ2) is 6.84. The number of amides is 1. The van der Waals surface area contributed by atoms with Crippen molar-refractivity contribution in [2.24, 2.45) is 0 Å². The quantitative estimate of drug-likeness (QED) is 0.761. The molecule has 0 aliphatic rings. The van der Waals surface area contributed by atoms with Crippen LogP contribution in [0.5, 0.6) is 0 Å². The molecular weight excluding hydrogens is 268 g/mol. The van der Waals surface area contributed by atoms with Gasteiger partial charge in [0.1, 0.15) is 18.2 Å². The van der Waals surface area contributed by atoms with E-state index in [2.05, 4.69) is 11.7 Å². The van der Waals surface area contributed by atoms with Crippen LogP contribution in [-0.4, -0.2) is 33.7 Å². The van der Waals surface area contributed by atoms with Crippen LogP contribution in [-0.2, 0) is 11.3 Å². The summed E-state index contributed by atoms with van der Waals surface area (Å²) in [5.74, 6) is -0.220. The number of nitrogens with zero attached hydrogens (tertiary/aromatic N) is 4. The van der Waals surface area contributed by atoms with Crippen LogP contribution in [0.25, 0.3) is 0 Å². The molecule has 1 amide bonds. The van der Waals surface area contributed by atoms with E-state index in [1.807, 2.05) is 19.9 Å². The number of nitriles is 1. The summed E-state index contributed by atoms with van der Waals surface area (Å²) in [5, 5.41) is 13.2. The first-order chi connectivity index (χ1) is 9.81. The average Bonchev–Trinajstić information content (AvgIpc) is 2.42. The smallest absolute Gasteiger partial charge is 0.285 e. The molecule has 112 valence electrons. The van der Waals surface area contributed by atoms with Gasteiger partial charge in [0.15, 0.2) is 0 Å². The van der Waals surface area contributed by atoms with E-state index in [1.54, 1.807) is 18.7 Å². The fraction of sp³-hybridized carbons (Fsp3) is 0.467. The zero-order valence-electron chi connectivity index (χ0n) is 12.9. The molecule has 1 rings (SSSR count). The van der Waals surface area contributed by atoms with Crippen LogP contribution in [0.2, 0.25) is 0 Å². The number of hydrogen-bond acceptors (Lipinski definition) is 4. The second-order valence-corrected chi connectivity index (χ2v) is 5.03. The molecule has 6 nitrogen and oxygen atoms in total. The minimum atomic E-state index is -0.527. The molecule has 21 heavy (non-hydrogen) atoms. The molecule has 0 radical (unpaired) electrons. The summed E-state index contributed by atoms with van der Waals surface area (Å²) in [6, 6.07) is 1.88. The van der Waals surface area contributed by atoms with Crippen molar-refractivity contribution in [1.29, 1.82) is 5.26 Å². The number of hydrogen-bond donors (Lipinski definition) is 0. The van der Waals surface area contributed by atoms with Gasteiger partial charge in [-0.15, -0.1) is 0 Å². The first kappa shape index (κ1) is 16.6. The molecule has 1 heterocycles. The van der Waals surface area contributed by atoms with Crippen LogP contribution in [0.1, 0.15) is 30.7 Å². The van der Waals surface area contributed by atoms with Gasteiger partial charge in [0.2, 0.25) is 5.91 Å². The second-order valence-electron chi connectivity index (χ2n) is 5.03. The van der Waals surface area contributed by atoms with Crippen molar-refractivity contribution in [3.8, 4) is 6.07 Å². The maximum Gasteiger partial charge on any atom is 0.285 e. The molecule has 0 atom stereocenters. The third-order valence-corrected chi connectivity index (χ3v) is 3.23. The lowest BCUT2D eigenvalue weighted by molar-refractivity contribution is -0.131. The molecular formula is C15H20N4O2. The minimum Gasteiger partial charge on any atom is -0.337 e. The molecule has 0 aliphatic heterocycles. The molecule has 0 bridgehead atoms. The summed E-state index contributed by atoms with van der Waals surface area (Å²) in [5.41, 5.74) is 1.50. The molecule has 0 saturated carbocycles. The summed E-state index contributed by atoms with van der Waals surface area (Å²) in [6.07, 6.45) is 0. The molecule has 6 heteroatoms. The van der Waals surface area contributed by atoms with Gasteiger partial charge in [0.25, 0.3) is 5.56 Å². The molecule has 1 aromatic rings. The topological polar surface area (TPSA) is 79.0 Å². The van der Waals surface area contributed by atoms with Crippen LogP contribution < -0.4 is 5.56 Å². The SMILES string of the molecule is C=C(C)CN(CC)C(=O)Cn1nc(C)c(C)c(C#N)c1=O. The Balaban J connectivity index is 3.12. The fourth-order valence-corrected chi connectivity index (χ4v) is 1.94. The summed E-state index contributed by atoms with van der Waals surface area (Å²) in [6.45, 7) is 11.7. The van der Waals surface area contributed by atoms with Gasteiger partial charge in [-0.3, -0.25) is 9.59 Å². The Bertz CT molecular complexity index is 667. The zero-order chi connectivity index (χ0) is 16.2. The minimum absolute atomic E-state index is 0.0400. The van der Waals surface area contributed by atoms with E-state index in [1.165, 1.54) is 0 Å². The highest BCUT2D eigenvalue weighted by Gasteiger charge is 2.17. The lowest BCUT2D eigenvalue weighted by Crippen LogP contribution is -2.39. The predicted molar refractivity (Wildman–Crippen MR) is 79.8 cm³/mol. The van der Waals surface area contributed by atoms with Gasteiger partial charge in [-0.2, -0.15) is 10.4 Å². The van der Waals surface area contributed by atoms with Crippen LogP contribution in [0.3, 0.4) is 0 Å². The van der Waals surface area contributed by atoms with E-state index in [0.717, 1.165) is 10.3 Å². The van der Waals surface area contributed by atoms with Crippen LogP contribution in [0, 0.1) is 25.2 Å². The van der Waals surface area contributed by atoms with Crippen LogP contribution in [0.4, 0.5) is 0 Å². The van der Waals surface area contributed by atoms with Crippen molar-refractivity contribution in [3.63, 3.8) is 0 Å². The Morgan fingerprint density at radius 2 is 2.10 bits per heavy atom. The maximum atomic E-state index is 12.2. The standard InChI is InChI=1S/C15H20N4O2/c1-6-18(8-10(2)3)14(20)9-19-15(21)13(7-16)11(4)12(5)17-19/h2,6,8-9H2,1,3-5H3. The number of aromatic nitrogens is 2. The van der Waals surface area contributed by atoms with Gasteiger partial charge in [0.05, 0.1) is 5.69 Å². The maximum absolute atomic E-state index is 12.2. The van der Waals surface area contributed by atoms with Gasteiger partial charge in [-0.1, -0.05) is 12.2 Å². The van der Waals surface area contributed by atoms with Gasteiger partial charge < -0.3 is 4.90 Å². The molecule has 0 unspecified atom stereocenters. The number of carbonyl (C=O) groups excluding carboxylic acids is 1. The average molecular weight is 288 g/mol. The van der Waals surface area contributed by atoms with Crippen LogP contribution >= 0.6 is 0 Å².